The zero-order chi connectivity index (χ0) is 11.6. The van der Waals surface area contributed by atoms with E-state index >= 15 is 0 Å². The van der Waals surface area contributed by atoms with Crippen molar-refractivity contribution in [1.29, 1.82) is 0 Å². The molecule has 1 aromatic carbocycles. The molecule has 0 unspecified atom stereocenters. The summed E-state index contributed by atoms with van der Waals surface area (Å²) in [5.41, 5.74) is 1.40. The van der Waals surface area contributed by atoms with Crippen LogP contribution in [0.4, 0.5) is 0 Å². The van der Waals surface area contributed by atoms with E-state index < -0.39 is 0 Å². The van der Waals surface area contributed by atoms with Crippen LogP contribution < -0.4 is 5.32 Å². The Labute approximate surface area is 99.0 Å². The van der Waals surface area contributed by atoms with Gasteiger partial charge in [-0.2, -0.15) is 0 Å². The van der Waals surface area contributed by atoms with E-state index in [2.05, 4.69) is 49.5 Å². The Balaban J connectivity index is 1.93. The molecule has 1 N–H and O–H groups in total. The van der Waals surface area contributed by atoms with Crippen molar-refractivity contribution in [1.82, 2.24) is 5.32 Å². The fourth-order valence-electron chi connectivity index (χ4n) is 1.52. The van der Waals surface area contributed by atoms with Crippen molar-refractivity contribution in [2.45, 2.75) is 32.8 Å². The highest BCUT2D eigenvalue weighted by molar-refractivity contribution is 5.14. The van der Waals surface area contributed by atoms with Gasteiger partial charge in [-0.15, -0.1) is 0 Å². The molecule has 0 heterocycles. The summed E-state index contributed by atoms with van der Waals surface area (Å²) in [6.45, 7) is 7.09. The van der Waals surface area contributed by atoms with Gasteiger partial charge in [0.15, 0.2) is 0 Å². The van der Waals surface area contributed by atoms with E-state index in [0.29, 0.717) is 6.10 Å². The molecule has 0 aliphatic heterocycles. The lowest BCUT2D eigenvalue weighted by Gasteiger charge is -2.08. The first-order chi connectivity index (χ1) is 7.79. The van der Waals surface area contributed by atoms with Crippen LogP contribution in [0.2, 0.25) is 0 Å². The third kappa shape index (κ3) is 6.59. The SMILES string of the molecule is CC(C)OCCCNCCc1ccccc1. The topological polar surface area (TPSA) is 21.3 Å². The van der Waals surface area contributed by atoms with E-state index in [0.717, 1.165) is 32.5 Å². The molecule has 2 heteroatoms. The van der Waals surface area contributed by atoms with Crippen molar-refractivity contribution in [3.63, 3.8) is 0 Å². The van der Waals surface area contributed by atoms with Gasteiger partial charge < -0.3 is 10.1 Å². The lowest BCUT2D eigenvalue weighted by Crippen LogP contribution is -2.20. The highest BCUT2D eigenvalue weighted by atomic mass is 16.5. The second kappa shape index (κ2) is 8.31. The molecule has 0 aliphatic carbocycles. The van der Waals surface area contributed by atoms with Crippen LogP contribution in [0, 0.1) is 0 Å². The fourth-order valence-corrected chi connectivity index (χ4v) is 1.52. The quantitative estimate of drug-likeness (QED) is 0.681. The van der Waals surface area contributed by atoms with E-state index in [9.17, 15) is 0 Å². The van der Waals surface area contributed by atoms with Crippen molar-refractivity contribution in [2.75, 3.05) is 19.7 Å². The minimum absolute atomic E-state index is 0.351. The number of hydrogen-bond donors (Lipinski definition) is 1. The molecule has 0 amide bonds. The summed E-state index contributed by atoms with van der Waals surface area (Å²) in [4.78, 5) is 0. The molecule has 0 atom stereocenters. The molecule has 0 saturated carbocycles. The Hall–Kier alpha value is -0.860. The molecule has 90 valence electrons. The van der Waals surface area contributed by atoms with E-state index in [1.165, 1.54) is 5.56 Å². The molecule has 1 aromatic rings. The Bertz CT molecular complexity index is 259. The Morgan fingerprint density at radius 3 is 2.56 bits per heavy atom. The molecule has 2 nitrogen and oxygen atoms in total. The summed E-state index contributed by atoms with van der Waals surface area (Å²) in [6.07, 6.45) is 2.54. The number of nitrogens with one attached hydrogen (secondary N) is 1. The predicted octanol–water partition coefficient (Wildman–Crippen LogP) is 2.63. The van der Waals surface area contributed by atoms with E-state index in [1.807, 2.05) is 0 Å². The zero-order valence-corrected chi connectivity index (χ0v) is 10.4. The van der Waals surface area contributed by atoms with Crippen LogP contribution in [0.3, 0.4) is 0 Å². The zero-order valence-electron chi connectivity index (χ0n) is 10.4. The van der Waals surface area contributed by atoms with Crippen molar-refractivity contribution >= 4 is 0 Å². The molecule has 0 saturated heterocycles. The molecule has 0 aliphatic rings. The van der Waals surface area contributed by atoms with Crippen LogP contribution in [0.15, 0.2) is 30.3 Å². The van der Waals surface area contributed by atoms with Crippen molar-refractivity contribution < 1.29 is 4.74 Å². The Morgan fingerprint density at radius 2 is 1.88 bits per heavy atom. The monoisotopic (exact) mass is 221 g/mol. The maximum Gasteiger partial charge on any atom is 0.0518 e. The van der Waals surface area contributed by atoms with Crippen LogP contribution in [-0.2, 0) is 11.2 Å². The van der Waals surface area contributed by atoms with Crippen LogP contribution in [0.1, 0.15) is 25.8 Å². The summed E-state index contributed by atoms with van der Waals surface area (Å²) >= 11 is 0. The van der Waals surface area contributed by atoms with Gasteiger partial charge in [-0.1, -0.05) is 30.3 Å². The molecule has 16 heavy (non-hydrogen) atoms. The highest BCUT2D eigenvalue weighted by Crippen LogP contribution is 1.98. The number of benzene rings is 1. The summed E-state index contributed by atoms with van der Waals surface area (Å²) < 4.78 is 5.47. The van der Waals surface area contributed by atoms with Crippen LogP contribution >= 0.6 is 0 Å². The first kappa shape index (κ1) is 13.2. The molecule has 0 fully saturated rings. The van der Waals surface area contributed by atoms with E-state index in [-0.39, 0.29) is 0 Å². The molecular weight excluding hydrogens is 198 g/mol. The highest BCUT2D eigenvalue weighted by Gasteiger charge is 1.94. The van der Waals surface area contributed by atoms with Crippen molar-refractivity contribution in [3.8, 4) is 0 Å². The summed E-state index contributed by atoms with van der Waals surface area (Å²) in [6, 6.07) is 10.6. The van der Waals surface area contributed by atoms with Gasteiger partial charge in [-0.25, -0.2) is 0 Å². The van der Waals surface area contributed by atoms with Crippen LogP contribution in [0.5, 0.6) is 0 Å². The maximum atomic E-state index is 5.47. The smallest absolute Gasteiger partial charge is 0.0518 e. The molecule has 0 spiro atoms. The third-order valence-corrected chi connectivity index (χ3v) is 2.38. The summed E-state index contributed by atoms with van der Waals surface area (Å²) in [5, 5.41) is 3.43. The molecule has 0 bridgehead atoms. The summed E-state index contributed by atoms with van der Waals surface area (Å²) in [7, 11) is 0. The largest absolute Gasteiger partial charge is 0.379 e. The predicted molar refractivity (Wildman–Crippen MR) is 68.7 cm³/mol. The van der Waals surface area contributed by atoms with E-state index in [1.54, 1.807) is 0 Å². The first-order valence-electron chi connectivity index (χ1n) is 6.15. The van der Waals surface area contributed by atoms with Gasteiger partial charge in [0.2, 0.25) is 0 Å². The van der Waals surface area contributed by atoms with Gasteiger partial charge in [-0.3, -0.25) is 0 Å². The third-order valence-electron chi connectivity index (χ3n) is 2.38. The van der Waals surface area contributed by atoms with Crippen molar-refractivity contribution in [3.05, 3.63) is 35.9 Å². The normalized spacial score (nSPS) is 10.9. The first-order valence-corrected chi connectivity index (χ1v) is 6.15. The second-order valence-electron chi connectivity index (χ2n) is 4.26. The minimum atomic E-state index is 0.351. The van der Waals surface area contributed by atoms with Gasteiger partial charge in [0, 0.05) is 6.61 Å². The van der Waals surface area contributed by atoms with Gasteiger partial charge >= 0.3 is 0 Å². The van der Waals surface area contributed by atoms with Crippen molar-refractivity contribution in [2.24, 2.45) is 0 Å². The second-order valence-corrected chi connectivity index (χ2v) is 4.26. The van der Waals surface area contributed by atoms with Gasteiger partial charge in [0.1, 0.15) is 0 Å². The number of ether oxygens (including phenoxy) is 1. The summed E-state index contributed by atoms with van der Waals surface area (Å²) in [5.74, 6) is 0. The average Bonchev–Trinajstić information content (AvgIpc) is 2.29. The number of rotatable bonds is 8. The molecular formula is C14H23NO. The Morgan fingerprint density at radius 1 is 1.12 bits per heavy atom. The van der Waals surface area contributed by atoms with Crippen LogP contribution in [0.25, 0.3) is 0 Å². The van der Waals surface area contributed by atoms with Gasteiger partial charge in [0.05, 0.1) is 6.10 Å². The molecule has 0 aromatic heterocycles. The lowest BCUT2D eigenvalue weighted by atomic mass is 10.1. The average molecular weight is 221 g/mol. The Kier molecular flexibility index (Phi) is 6.86. The molecule has 1 rings (SSSR count). The maximum absolute atomic E-state index is 5.47. The van der Waals surface area contributed by atoms with Gasteiger partial charge in [0.25, 0.3) is 0 Å². The van der Waals surface area contributed by atoms with E-state index in [4.69, 9.17) is 4.74 Å². The standard InChI is InChI=1S/C14H23NO/c1-13(2)16-12-6-10-15-11-9-14-7-4-3-5-8-14/h3-5,7-8,13,15H,6,9-12H2,1-2H3. The number of hydrogen-bond acceptors (Lipinski definition) is 2. The van der Waals surface area contributed by atoms with Gasteiger partial charge in [-0.05, 0) is 45.3 Å². The minimum Gasteiger partial charge on any atom is -0.379 e. The fraction of sp³-hybridized carbons (Fsp3) is 0.571. The lowest BCUT2D eigenvalue weighted by molar-refractivity contribution is 0.0771. The van der Waals surface area contributed by atoms with Crippen LogP contribution in [-0.4, -0.2) is 25.8 Å². The molecule has 0 radical (unpaired) electrons.